The van der Waals surface area contributed by atoms with Crippen LogP contribution in [0.2, 0.25) is 0 Å². The van der Waals surface area contributed by atoms with E-state index in [1.807, 2.05) is 13.0 Å². The molecule has 1 aliphatic carbocycles. The molecule has 4 aromatic heterocycles. The van der Waals surface area contributed by atoms with Gasteiger partial charge in [0.2, 0.25) is 5.91 Å². The molecule has 2 N–H and O–H groups in total. The van der Waals surface area contributed by atoms with Gasteiger partial charge in [-0.1, -0.05) is 0 Å². The van der Waals surface area contributed by atoms with Crippen LogP contribution in [0.3, 0.4) is 0 Å². The number of alkyl halides is 2. The summed E-state index contributed by atoms with van der Waals surface area (Å²) >= 11 is 0. The zero-order valence-corrected chi connectivity index (χ0v) is 35.7. The summed E-state index contributed by atoms with van der Waals surface area (Å²) < 4.78 is 54.1. The molecule has 20 heteroatoms. The highest BCUT2D eigenvalue weighted by Crippen LogP contribution is 2.39. The van der Waals surface area contributed by atoms with Crippen molar-refractivity contribution in [1.82, 2.24) is 49.3 Å². The van der Waals surface area contributed by atoms with E-state index in [2.05, 4.69) is 45.5 Å². The van der Waals surface area contributed by atoms with E-state index in [-0.39, 0.29) is 47.6 Å². The number of aromatic nitrogens is 7. The number of nitrogens with one attached hydrogen (secondary N) is 2. The van der Waals surface area contributed by atoms with Gasteiger partial charge in [-0.25, -0.2) is 22.7 Å². The lowest BCUT2D eigenvalue weighted by molar-refractivity contribution is -0.135. The van der Waals surface area contributed by atoms with Crippen molar-refractivity contribution >= 4 is 51.5 Å². The molecule has 5 saturated heterocycles. The van der Waals surface area contributed by atoms with Crippen LogP contribution in [0.1, 0.15) is 85.2 Å². The van der Waals surface area contributed by atoms with E-state index in [4.69, 9.17) is 9.72 Å². The second kappa shape index (κ2) is 16.4. The number of nitrogens with zero attached hydrogens (tertiary/aromatic N) is 11. The van der Waals surface area contributed by atoms with Crippen molar-refractivity contribution in [1.29, 1.82) is 0 Å². The van der Waals surface area contributed by atoms with Gasteiger partial charge in [-0.3, -0.25) is 29.1 Å². The molecule has 6 fully saturated rings. The van der Waals surface area contributed by atoms with Crippen LogP contribution in [-0.2, 0) is 14.3 Å². The molecule has 64 heavy (non-hydrogen) atoms. The number of hydrogen-bond acceptors (Lipinski definition) is 12. The van der Waals surface area contributed by atoms with Crippen molar-refractivity contribution in [3.8, 4) is 0 Å². The smallest absolute Gasteiger partial charge is 0.284 e. The maximum absolute atomic E-state index is 15.0. The predicted molar refractivity (Wildman–Crippen MR) is 229 cm³/mol. The molecular weight excluding hydrogens is 832 g/mol. The standard InChI is InChI=1S/C44H52F3N13O4/c1-25-39-35(14-28(45)15-36(39)60(52-25)34-6-7-38(61)51-44(34)63)56-20-27(21-56)19-55-12-10-54(11-13-55)18-26-2-4-29(5-3-26)59-23-33(40(53-59)41(46)47)49-43(62)32-17-48-58-9-8-37(50-42(32)58)57-22-31-16-30(57)24-64-31/h8-9,14-15,17,23,26-27,29-31,34,41H,2-7,10-13,16,18-22,24H2,1H3,(H,49,62)(H,51,61,63)/t26?,29?,30-,31-,34?/m1/s1. The topological polar surface area (TPSA) is 163 Å². The first kappa shape index (κ1) is 41.1. The van der Waals surface area contributed by atoms with Gasteiger partial charge < -0.3 is 29.7 Å². The third kappa shape index (κ3) is 7.65. The molecule has 1 unspecified atom stereocenters. The number of benzene rings is 1. The minimum Gasteiger partial charge on any atom is -0.374 e. The maximum atomic E-state index is 15.0. The fraction of sp³-hybridized carbons (Fsp3) is 0.568. The first-order valence-electron chi connectivity index (χ1n) is 22.6. The lowest BCUT2D eigenvalue weighted by Crippen LogP contribution is -2.55. The third-order valence-electron chi connectivity index (χ3n) is 14.4. The number of carbonyl (C=O) groups is 3. The number of ether oxygens (including phenoxy) is 1. The average molecular weight is 884 g/mol. The molecule has 0 radical (unpaired) electrons. The highest BCUT2D eigenvalue weighted by Gasteiger charge is 2.40. The highest BCUT2D eigenvalue weighted by atomic mass is 19.3. The van der Waals surface area contributed by atoms with Crippen molar-refractivity contribution in [2.24, 2.45) is 11.8 Å². The van der Waals surface area contributed by atoms with Crippen LogP contribution in [0.25, 0.3) is 16.6 Å². The SMILES string of the molecule is Cc1nn(C2CCC(=O)NC2=O)c2cc(F)cc(N3CC(CN4CCN(CC5CCC(n6cc(NC(=O)c7cnn8ccc(N9C[C@H]%10C[C@@H]9CO%10)nc78)c(C(F)F)n6)CC5)CC4)C3)c12. The zero-order valence-electron chi connectivity index (χ0n) is 35.7. The Labute approximate surface area is 366 Å². The molecule has 3 amide bonds. The summed E-state index contributed by atoms with van der Waals surface area (Å²) in [5, 5.41) is 19.2. The average Bonchev–Trinajstić information content (AvgIpc) is 4.12. The van der Waals surface area contributed by atoms with E-state index >= 15 is 4.39 Å². The molecule has 1 aromatic carbocycles. The van der Waals surface area contributed by atoms with Crippen LogP contribution in [0.5, 0.6) is 0 Å². The molecule has 6 aliphatic rings. The van der Waals surface area contributed by atoms with Gasteiger partial charge in [0.25, 0.3) is 18.2 Å². The first-order chi connectivity index (χ1) is 31.0. The number of imide groups is 1. The molecule has 0 spiro atoms. The molecule has 2 bridgehead atoms. The van der Waals surface area contributed by atoms with Crippen LogP contribution in [0.4, 0.5) is 30.4 Å². The van der Waals surface area contributed by atoms with Gasteiger partial charge in [-0.15, -0.1) is 0 Å². The van der Waals surface area contributed by atoms with Gasteiger partial charge in [-0.2, -0.15) is 15.3 Å². The minimum atomic E-state index is -2.86. The van der Waals surface area contributed by atoms with E-state index in [0.29, 0.717) is 36.0 Å². The van der Waals surface area contributed by atoms with Crippen molar-refractivity contribution in [3.05, 3.63) is 59.6 Å². The largest absolute Gasteiger partial charge is 0.374 e. The number of rotatable bonds is 11. The van der Waals surface area contributed by atoms with E-state index in [1.165, 1.54) is 16.8 Å². The predicted octanol–water partition coefficient (Wildman–Crippen LogP) is 4.35. The first-order valence-corrected chi connectivity index (χ1v) is 22.6. The second-order valence-corrected chi connectivity index (χ2v) is 18.6. The number of amides is 3. The fourth-order valence-electron chi connectivity index (χ4n) is 11.1. The summed E-state index contributed by atoms with van der Waals surface area (Å²) in [5.41, 5.74) is 2.20. The Balaban J connectivity index is 0.652. The zero-order chi connectivity index (χ0) is 43.8. The summed E-state index contributed by atoms with van der Waals surface area (Å²) in [5.74, 6) is 0.0409. The molecule has 5 aliphatic heterocycles. The minimum absolute atomic E-state index is 0.000460. The number of fused-ring (bicyclic) bond motifs is 4. The summed E-state index contributed by atoms with van der Waals surface area (Å²) in [4.78, 5) is 52.1. The summed E-state index contributed by atoms with van der Waals surface area (Å²) in [6.45, 7) is 10.8. The molecule has 3 atom stereocenters. The Bertz CT molecular complexity index is 2610. The quantitative estimate of drug-likeness (QED) is 0.181. The van der Waals surface area contributed by atoms with Crippen molar-refractivity contribution < 1.29 is 32.3 Å². The Hall–Kier alpha value is -5.60. The lowest BCUT2D eigenvalue weighted by atomic mass is 9.85. The molecule has 17 nitrogen and oxygen atoms in total. The van der Waals surface area contributed by atoms with Crippen LogP contribution in [0.15, 0.2) is 36.8 Å². The summed E-state index contributed by atoms with van der Waals surface area (Å²) in [6.07, 6.45) is 7.12. The van der Waals surface area contributed by atoms with Crippen LogP contribution >= 0.6 is 0 Å². The highest BCUT2D eigenvalue weighted by molar-refractivity contribution is 6.08. The van der Waals surface area contributed by atoms with E-state index < -0.39 is 30.0 Å². The molecule has 11 rings (SSSR count). The normalized spacial score (nSPS) is 25.9. The monoisotopic (exact) mass is 883 g/mol. The number of carbonyl (C=O) groups excluding carboxylic acids is 3. The van der Waals surface area contributed by atoms with Crippen LogP contribution < -0.4 is 20.4 Å². The summed E-state index contributed by atoms with van der Waals surface area (Å²) in [6, 6.07) is 4.42. The van der Waals surface area contributed by atoms with E-state index in [1.54, 1.807) is 27.8 Å². The fourth-order valence-corrected chi connectivity index (χ4v) is 11.1. The van der Waals surface area contributed by atoms with Gasteiger partial charge in [0, 0.05) is 89.0 Å². The molecule has 338 valence electrons. The molecule has 5 aromatic rings. The number of aryl methyl sites for hydroxylation is 1. The Morgan fingerprint density at radius 1 is 0.969 bits per heavy atom. The van der Waals surface area contributed by atoms with Gasteiger partial charge in [0.05, 0.1) is 53.6 Å². The molecule has 1 saturated carbocycles. The van der Waals surface area contributed by atoms with Crippen LogP contribution in [0, 0.1) is 24.6 Å². The Kier molecular flexibility index (Phi) is 10.6. The Morgan fingerprint density at radius 3 is 2.44 bits per heavy atom. The van der Waals surface area contributed by atoms with Crippen molar-refractivity contribution in [3.63, 3.8) is 0 Å². The number of hydrogen-bond donors (Lipinski definition) is 2. The molecule has 9 heterocycles. The van der Waals surface area contributed by atoms with Crippen molar-refractivity contribution in [2.45, 2.75) is 82.5 Å². The molecular formula is C44H52F3N13O4. The van der Waals surface area contributed by atoms with Gasteiger partial charge >= 0.3 is 0 Å². The van der Waals surface area contributed by atoms with Crippen molar-refractivity contribution in [2.75, 3.05) is 80.6 Å². The van der Waals surface area contributed by atoms with Gasteiger partial charge in [0.15, 0.2) is 11.3 Å². The van der Waals surface area contributed by atoms with Crippen LogP contribution in [-0.4, -0.2) is 139 Å². The van der Waals surface area contributed by atoms with Gasteiger partial charge in [0.1, 0.15) is 23.2 Å². The van der Waals surface area contributed by atoms with E-state index in [0.717, 1.165) is 114 Å². The number of piperidine rings is 1. The maximum Gasteiger partial charge on any atom is 0.284 e. The van der Waals surface area contributed by atoms with E-state index in [9.17, 15) is 23.2 Å². The number of halogens is 3. The van der Waals surface area contributed by atoms with Gasteiger partial charge in [-0.05, 0) is 69.6 Å². The summed E-state index contributed by atoms with van der Waals surface area (Å²) in [7, 11) is 0. The third-order valence-corrected chi connectivity index (χ3v) is 14.4. The lowest BCUT2D eigenvalue weighted by Gasteiger charge is -2.45. The number of morpholine rings is 1. The number of anilines is 3. The second-order valence-electron chi connectivity index (χ2n) is 18.6. The Morgan fingerprint density at radius 2 is 1.73 bits per heavy atom. The number of piperazine rings is 1.